The number of pyridine rings is 1. The summed E-state index contributed by atoms with van der Waals surface area (Å²) in [7, 11) is 0. The van der Waals surface area contributed by atoms with Gasteiger partial charge in [0.2, 0.25) is 11.8 Å². The molecule has 3 atom stereocenters. The molecule has 29 heavy (non-hydrogen) atoms. The van der Waals surface area contributed by atoms with Crippen LogP contribution in [0.4, 0.5) is 5.69 Å². The molecule has 6 heteroatoms. The Bertz CT molecular complexity index is 975. The average molecular weight is 390 g/mol. The zero-order valence-electron chi connectivity index (χ0n) is 16.6. The fourth-order valence-corrected chi connectivity index (χ4v) is 5.59. The Morgan fingerprint density at radius 1 is 1.31 bits per heavy atom. The molecular weight excluding hydrogens is 364 g/mol. The van der Waals surface area contributed by atoms with Crippen LogP contribution in [0.15, 0.2) is 42.6 Å². The Hall–Kier alpha value is -2.73. The first-order valence-corrected chi connectivity index (χ1v) is 10.5. The number of para-hydroxylation sites is 1. The molecule has 0 saturated carbocycles. The third kappa shape index (κ3) is 2.69. The molecule has 3 aliphatic heterocycles. The fourth-order valence-electron chi connectivity index (χ4n) is 5.59. The summed E-state index contributed by atoms with van der Waals surface area (Å²) in [6, 6.07) is 12.1. The lowest BCUT2D eigenvalue weighted by molar-refractivity contribution is -0.137. The number of aromatic nitrogens is 1. The van der Waals surface area contributed by atoms with Crippen LogP contribution >= 0.6 is 0 Å². The minimum absolute atomic E-state index is 0.0279. The molecule has 0 aliphatic carbocycles. The fraction of sp³-hybridized carbons (Fsp3) is 0.435. The lowest BCUT2D eigenvalue weighted by atomic mass is 9.78. The van der Waals surface area contributed by atoms with Gasteiger partial charge in [0.25, 0.3) is 0 Å². The summed E-state index contributed by atoms with van der Waals surface area (Å²) in [5.74, 6) is -0.454. The van der Waals surface area contributed by atoms with Gasteiger partial charge in [0, 0.05) is 42.1 Å². The number of hydrogen-bond donors (Lipinski definition) is 2. The Morgan fingerprint density at radius 2 is 2.17 bits per heavy atom. The second-order valence-corrected chi connectivity index (χ2v) is 8.35. The van der Waals surface area contributed by atoms with Gasteiger partial charge >= 0.3 is 0 Å². The number of anilines is 1. The first kappa shape index (κ1) is 18.3. The van der Waals surface area contributed by atoms with E-state index in [-0.39, 0.29) is 17.7 Å². The van der Waals surface area contributed by atoms with Crippen molar-refractivity contribution in [1.82, 2.24) is 15.2 Å². The maximum Gasteiger partial charge on any atom is 0.250 e. The van der Waals surface area contributed by atoms with E-state index in [4.69, 9.17) is 0 Å². The van der Waals surface area contributed by atoms with Gasteiger partial charge in [0.15, 0.2) is 0 Å². The molecule has 2 N–H and O–H groups in total. The van der Waals surface area contributed by atoms with Crippen molar-refractivity contribution in [2.45, 2.75) is 44.2 Å². The molecule has 0 unspecified atom stereocenters. The summed E-state index contributed by atoms with van der Waals surface area (Å²) in [5, 5.41) is 6.15. The summed E-state index contributed by atoms with van der Waals surface area (Å²) in [4.78, 5) is 33.3. The maximum atomic E-state index is 13.3. The zero-order chi connectivity index (χ0) is 20.0. The monoisotopic (exact) mass is 390 g/mol. The van der Waals surface area contributed by atoms with Gasteiger partial charge in [-0.15, -0.1) is 0 Å². The lowest BCUT2D eigenvalue weighted by Gasteiger charge is -2.36. The van der Waals surface area contributed by atoms with Crippen LogP contribution in [0.1, 0.15) is 36.1 Å². The third-order valence-electron chi connectivity index (χ3n) is 6.87. The van der Waals surface area contributed by atoms with Crippen molar-refractivity contribution < 1.29 is 9.59 Å². The standard InChI is InChI=1S/C23H26N4O2/c1-15-6-4-11-24-19(15)10-12-25-21(28)18-14-16-7-5-13-27(16)23(18)17-8-2-3-9-20(17)26-22(23)29/h2-4,6,8-9,11,16,18H,5,7,10,12-14H2,1H3,(H,25,28)(H,26,29)/t16-,18-,23+/m1/s1. The number of amides is 2. The highest BCUT2D eigenvalue weighted by molar-refractivity contribution is 6.09. The molecular formula is C23H26N4O2. The van der Waals surface area contributed by atoms with Crippen LogP contribution in [0.2, 0.25) is 0 Å². The van der Waals surface area contributed by atoms with E-state index in [0.29, 0.717) is 19.0 Å². The number of carbonyl (C=O) groups excluding carboxylic acids is 2. The molecule has 4 heterocycles. The van der Waals surface area contributed by atoms with Gasteiger partial charge in [-0.2, -0.15) is 0 Å². The largest absolute Gasteiger partial charge is 0.355 e. The van der Waals surface area contributed by atoms with Gasteiger partial charge < -0.3 is 10.6 Å². The maximum absolute atomic E-state index is 13.3. The van der Waals surface area contributed by atoms with Crippen LogP contribution in [0, 0.1) is 12.8 Å². The van der Waals surface area contributed by atoms with Crippen molar-refractivity contribution >= 4 is 17.5 Å². The smallest absolute Gasteiger partial charge is 0.250 e. The van der Waals surface area contributed by atoms with Gasteiger partial charge in [-0.1, -0.05) is 24.3 Å². The predicted octanol–water partition coefficient (Wildman–Crippen LogP) is 2.38. The molecule has 2 fully saturated rings. The molecule has 1 aromatic heterocycles. The normalized spacial score (nSPS) is 27.7. The van der Waals surface area contributed by atoms with Crippen molar-refractivity contribution in [2.75, 3.05) is 18.4 Å². The number of aryl methyl sites for hydroxylation is 1. The Morgan fingerprint density at radius 3 is 3.03 bits per heavy atom. The Labute approximate surface area is 170 Å². The first-order valence-electron chi connectivity index (χ1n) is 10.5. The molecule has 5 rings (SSSR count). The molecule has 1 aromatic carbocycles. The molecule has 6 nitrogen and oxygen atoms in total. The van der Waals surface area contributed by atoms with Crippen LogP contribution in [0.3, 0.4) is 0 Å². The summed E-state index contributed by atoms with van der Waals surface area (Å²) in [5.41, 5.74) is 3.05. The number of nitrogens with one attached hydrogen (secondary N) is 2. The van der Waals surface area contributed by atoms with Crippen LogP contribution in [0.5, 0.6) is 0 Å². The molecule has 150 valence electrons. The van der Waals surface area contributed by atoms with E-state index in [1.807, 2.05) is 43.3 Å². The quantitative estimate of drug-likeness (QED) is 0.841. The average Bonchev–Trinajstić information content (AvgIpc) is 3.38. The Kier molecular flexibility index (Phi) is 4.39. The molecule has 1 spiro atoms. The molecule has 2 aromatic rings. The number of nitrogens with zero attached hydrogens (tertiary/aromatic N) is 2. The highest BCUT2D eigenvalue weighted by Gasteiger charge is 2.65. The molecule has 0 bridgehead atoms. The highest BCUT2D eigenvalue weighted by atomic mass is 16.2. The van der Waals surface area contributed by atoms with Crippen molar-refractivity contribution in [1.29, 1.82) is 0 Å². The second-order valence-electron chi connectivity index (χ2n) is 8.35. The minimum Gasteiger partial charge on any atom is -0.355 e. The van der Waals surface area contributed by atoms with Crippen LogP contribution in [-0.2, 0) is 21.5 Å². The van der Waals surface area contributed by atoms with E-state index in [2.05, 4.69) is 20.5 Å². The molecule has 2 saturated heterocycles. The van der Waals surface area contributed by atoms with E-state index >= 15 is 0 Å². The summed E-state index contributed by atoms with van der Waals surface area (Å²) >= 11 is 0. The van der Waals surface area contributed by atoms with Gasteiger partial charge in [-0.05, 0) is 50.4 Å². The van der Waals surface area contributed by atoms with Gasteiger partial charge in [-0.3, -0.25) is 19.5 Å². The Balaban J connectivity index is 1.41. The van der Waals surface area contributed by atoms with E-state index < -0.39 is 5.54 Å². The van der Waals surface area contributed by atoms with Gasteiger partial charge in [0.1, 0.15) is 5.54 Å². The minimum atomic E-state index is -0.872. The van der Waals surface area contributed by atoms with E-state index in [0.717, 1.165) is 48.3 Å². The van der Waals surface area contributed by atoms with Crippen LogP contribution < -0.4 is 10.6 Å². The SMILES string of the molecule is Cc1cccnc1CCNC(=O)[C@H]1C[C@H]2CCCN2[C@]12C(=O)Nc1ccccc12. The van der Waals surface area contributed by atoms with Crippen molar-refractivity contribution in [2.24, 2.45) is 5.92 Å². The number of fused-ring (bicyclic) bond motifs is 4. The zero-order valence-corrected chi connectivity index (χ0v) is 16.6. The van der Waals surface area contributed by atoms with Crippen molar-refractivity contribution in [3.8, 4) is 0 Å². The number of benzene rings is 1. The summed E-state index contributed by atoms with van der Waals surface area (Å²) < 4.78 is 0. The van der Waals surface area contributed by atoms with Crippen LogP contribution in [-0.4, -0.2) is 40.8 Å². The predicted molar refractivity (Wildman–Crippen MR) is 110 cm³/mol. The highest BCUT2D eigenvalue weighted by Crippen LogP contribution is 2.55. The van der Waals surface area contributed by atoms with Crippen molar-refractivity contribution in [3.05, 3.63) is 59.4 Å². The third-order valence-corrected chi connectivity index (χ3v) is 6.87. The van der Waals surface area contributed by atoms with Crippen molar-refractivity contribution in [3.63, 3.8) is 0 Å². The van der Waals surface area contributed by atoms with E-state index in [1.165, 1.54) is 0 Å². The molecule has 3 aliphatic rings. The topological polar surface area (TPSA) is 74.3 Å². The summed E-state index contributed by atoms with van der Waals surface area (Å²) in [6.07, 6.45) is 5.33. The lowest BCUT2D eigenvalue weighted by Crippen LogP contribution is -2.54. The van der Waals surface area contributed by atoms with Gasteiger partial charge in [-0.25, -0.2) is 0 Å². The number of carbonyl (C=O) groups is 2. The van der Waals surface area contributed by atoms with E-state index in [9.17, 15) is 9.59 Å². The van der Waals surface area contributed by atoms with Crippen LogP contribution in [0.25, 0.3) is 0 Å². The molecule has 0 radical (unpaired) electrons. The van der Waals surface area contributed by atoms with E-state index in [1.54, 1.807) is 6.20 Å². The van der Waals surface area contributed by atoms with Gasteiger partial charge in [0.05, 0.1) is 5.92 Å². The first-order chi connectivity index (χ1) is 14.1. The number of rotatable bonds is 4. The molecule has 2 amide bonds. The second kappa shape index (κ2) is 6.95. The summed E-state index contributed by atoms with van der Waals surface area (Å²) in [6.45, 7) is 3.42. The number of hydrogen-bond acceptors (Lipinski definition) is 4.